The van der Waals surface area contributed by atoms with Crippen molar-refractivity contribution >= 4 is 5.91 Å². The molecule has 3 N–H and O–H groups in total. The van der Waals surface area contributed by atoms with E-state index in [2.05, 4.69) is 20.8 Å². The van der Waals surface area contributed by atoms with E-state index < -0.39 is 0 Å². The van der Waals surface area contributed by atoms with E-state index in [4.69, 9.17) is 5.73 Å². The predicted molar refractivity (Wildman–Crippen MR) is 77.7 cm³/mol. The Morgan fingerprint density at radius 2 is 2.11 bits per heavy atom. The maximum Gasteiger partial charge on any atom is 0.222 e. The van der Waals surface area contributed by atoms with Crippen LogP contribution in [-0.4, -0.2) is 41.7 Å². The van der Waals surface area contributed by atoms with E-state index in [1.807, 2.05) is 4.90 Å². The van der Waals surface area contributed by atoms with E-state index in [0.29, 0.717) is 25.4 Å². The van der Waals surface area contributed by atoms with E-state index in [-0.39, 0.29) is 17.4 Å². The molecule has 0 saturated carbocycles. The molecule has 0 bridgehead atoms. The molecule has 1 heterocycles. The molecule has 19 heavy (non-hydrogen) atoms. The number of carbonyl (C=O) groups is 1. The molecule has 2 unspecified atom stereocenters. The molecule has 1 aliphatic rings. The molecule has 0 radical (unpaired) electrons. The summed E-state index contributed by atoms with van der Waals surface area (Å²) >= 11 is 0. The Labute approximate surface area is 117 Å². The van der Waals surface area contributed by atoms with Crippen LogP contribution in [0.15, 0.2) is 0 Å². The van der Waals surface area contributed by atoms with Crippen molar-refractivity contribution in [3.63, 3.8) is 0 Å². The van der Waals surface area contributed by atoms with Crippen LogP contribution < -0.4 is 5.73 Å². The second kappa shape index (κ2) is 7.25. The summed E-state index contributed by atoms with van der Waals surface area (Å²) in [6.07, 6.45) is 3.85. The molecule has 1 amide bonds. The van der Waals surface area contributed by atoms with Gasteiger partial charge in [-0.3, -0.25) is 4.79 Å². The Morgan fingerprint density at radius 3 is 2.63 bits per heavy atom. The molecule has 1 fully saturated rings. The molecule has 0 spiro atoms. The molecular formula is C15H30N2O2. The third-order valence-corrected chi connectivity index (χ3v) is 4.20. The lowest BCUT2D eigenvalue weighted by Gasteiger charge is -2.33. The van der Waals surface area contributed by atoms with Crippen LogP contribution in [0.3, 0.4) is 0 Å². The summed E-state index contributed by atoms with van der Waals surface area (Å²) in [4.78, 5) is 14.0. The van der Waals surface area contributed by atoms with E-state index in [9.17, 15) is 9.90 Å². The molecule has 2 atom stereocenters. The van der Waals surface area contributed by atoms with E-state index in [0.717, 1.165) is 32.2 Å². The van der Waals surface area contributed by atoms with Gasteiger partial charge in [0.15, 0.2) is 0 Å². The lowest BCUT2D eigenvalue weighted by Crippen LogP contribution is -2.42. The zero-order valence-electron chi connectivity index (χ0n) is 12.7. The molecule has 0 aromatic rings. The van der Waals surface area contributed by atoms with Crippen LogP contribution in [0.5, 0.6) is 0 Å². The third-order valence-electron chi connectivity index (χ3n) is 4.20. The van der Waals surface area contributed by atoms with Gasteiger partial charge in [0.25, 0.3) is 0 Å². The zero-order valence-corrected chi connectivity index (χ0v) is 12.7. The summed E-state index contributed by atoms with van der Waals surface area (Å²) < 4.78 is 0. The number of aliphatic hydroxyl groups excluding tert-OH is 1. The summed E-state index contributed by atoms with van der Waals surface area (Å²) in [5.74, 6) is 0.668. The fourth-order valence-electron chi connectivity index (χ4n) is 2.85. The normalized spacial score (nSPS) is 22.4. The van der Waals surface area contributed by atoms with Crippen molar-refractivity contribution in [2.75, 3.05) is 19.6 Å². The highest BCUT2D eigenvalue weighted by molar-refractivity contribution is 5.76. The minimum absolute atomic E-state index is 0.185. The predicted octanol–water partition coefficient (Wildman–Crippen LogP) is 1.76. The lowest BCUT2D eigenvalue weighted by atomic mass is 9.76. The van der Waals surface area contributed by atoms with Crippen LogP contribution in [0.1, 0.15) is 52.9 Å². The van der Waals surface area contributed by atoms with Crippen molar-refractivity contribution in [2.45, 2.75) is 59.0 Å². The van der Waals surface area contributed by atoms with Crippen molar-refractivity contribution < 1.29 is 9.90 Å². The molecule has 112 valence electrons. The van der Waals surface area contributed by atoms with Crippen LogP contribution in [0.4, 0.5) is 0 Å². The van der Waals surface area contributed by atoms with Gasteiger partial charge in [-0.25, -0.2) is 0 Å². The van der Waals surface area contributed by atoms with Crippen molar-refractivity contribution in [3.05, 3.63) is 0 Å². The van der Waals surface area contributed by atoms with Crippen LogP contribution in [0.25, 0.3) is 0 Å². The Hall–Kier alpha value is -0.610. The molecule has 0 aliphatic carbocycles. The summed E-state index contributed by atoms with van der Waals surface area (Å²) in [5, 5.41) is 9.61. The van der Waals surface area contributed by atoms with Crippen LogP contribution in [0, 0.1) is 11.3 Å². The summed E-state index contributed by atoms with van der Waals surface area (Å²) in [6.45, 7) is 8.62. The first-order valence-corrected chi connectivity index (χ1v) is 7.50. The quantitative estimate of drug-likeness (QED) is 0.800. The highest BCUT2D eigenvalue weighted by Gasteiger charge is 2.26. The van der Waals surface area contributed by atoms with Gasteiger partial charge in [-0.1, -0.05) is 20.8 Å². The fourth-order valence-corrected chi connectivity index (χ4v) is 2.85. The number of rotatable bonds is 5. The summed E-state index contributed by atoms with van der Waals surface area (Å²) in [6, 6.07) is 0. The number of piperidine rings is 1. The van der Waals surface area contributed by atoms with Crippen LogP contribution in [0.2, 0.25) is 0 Å². The third kappa shape index (κ3) is 5.49. The van der Waals surface area contributed by atoms with Gasteiger partial charge in [-0.05, 0) is 43.6 Å². The molecule has 1 saturated heterocycles. The second-order valence-corrected chi connectivity index (χ2v) is 6.81. The number of β-amino-alcohol motifs (C(OH)–C–C–N with tert-alkyl or cyclic N) is 1. The highest BCUT2D eigenvalue weighted by atomic mass is 16.3. The number of nitrogens with zero attached hydrogens (tertiary/aromatic N) is 1. The van der Waals surface area contributed by atoms with E-state index in [1.165, 1.54) is 0 Å². The van der Waals surface area contributed by atoms with Crippen LogP contribution in [-0.2, 0) is 4.79 Å². The molecule has 0 aromatic carbocycles. The lowest BCUT2D eigenvalue weighted by molar-refractivity contribution is -0.134. The number of likely N-dealkylation sites (tertiary alicyclic amines) is 1. The molecule has 1 rings (SSSR count). The SMILES string of the molecule is CC(C)(C)C(CCN)CCC(=O)N1CCCC(O)C1. The monoisotopic (exact) mass is 270 g/mol. The minimum atomic E-state index is -0.333. The van der Waals surface area contributed by atoms with Gasteiger partial charge in [0.2, 0.25) is 5.91 Å². The topological polar surface area (TPSA) is 66.6 Å². The Morgan fingerprint density at radius 1 is 1.42 bits per heavy atom. The Kier molecular flexibility index (Phi) is 6.27. The van der Waals surface area contributed by atoms with Crippen molar-refractivity contribution in [1.29, 1.82) is 0 Å². The average molecular weight is 270 g/mol. The van der Waals surface area contributed by atoms with Crippen molar-refractivity contribution in [2.24, 2.45) is 17.1 Å². The molecule has 4 nitrogen and oxygen atoms in total. The zero-order chi connectivity index (χ0) is 14.5. The number of nitrogens with two attached hydrogens (primary N) is 1. The Bertz CT molecular complexity index is 286. The molecular weight excluding hydrogens is 240 g/mol. The minimum Gasteiger partial charge on any atom is -0.391 e. The summed E-state index contributed by atoms with van der Waals surface area (Å²) in [7, 11) is 0. The van der Waals surface area contributed by atoms with E-state index in [1.54, 1.807) is 0 Å². The first-order chi connectivity index (χ1) is 8.84. The first kappa shape index (κ1) is 16.4. The number of hydrogen-bond acceptors (Lipinski definition) is 3. The number of amides is 1. The maximum absolute atomic E-state index is 12.2. The van der Waals surface area contributed by atoms with Gasteiger partial charge < -0.3 is 15.7 Å². The molecule has 4 heteroatoms. The van der Waals surface area contributed by atoms with Gasteiger partial charge in [0, 0.05) is 19.5 Å². The van der Waals surface area contributed by atoms with Crippen molar-refractivity contribution in [1.82, 2.24) is 4.90 Å². The van der Waals surface area contributed by atoms with Crippen LogP contribution >= 0.6 is 0 Å². The van der Waals surface area contributed by atoms with Gasteiger partial charge in [0.1, 0.15) is 0 Å². The van der Waals surface area contributed by atoms with Crippen molar-refractivity contribution in [3.8, 4) is 0 Å². The Balaban J connectivity index is 2.43. The smallest absolute Gasteiger partial charge is 0.222 e. The molecule has 1 aliphatic heterocycles. The van der Waals surface area contributed by atoms with Gasteiger partial charge in [-0.15, -0.1) is 0 Å². The first-order valence-electron chi connectivity index (χ1n) is 7.50. The standard InChI is InChI=1S/C15H30N2O2/c1-15(2,3)12(8-9-16)6-7-14(19)17-10-4-5-13(18)11-17/h12-13,18H,4-11,16H2,1-3H3. The molecule has 0 aromatic heterocycles. The van der Waals surface area contributed by atoms with Gasteiger partial charge >= 0.3 is 0 Å². The fraction of sp³-hybridized carbons (Fsp3) is 0.933. The summed E-state index contributed by atoms with van der Waals surface area (Å²) in [5.41, 5.74) is 5.86. The van der Waals surface area contributed by atoms with Gasteiger partial charge in [-0.2, -0.15) is 0 Å². The van der Waals surface area contributed by atoms with E-state index >= 15 is 0 Å². The average Bonchev–Trinajstić information content (AvgIpc) is 2.32. The second-order valence-electron chi connectivity index (χ2n) is 6.81. The number of hydrogen-bond donors (Lipinski definition) is 2. The highest BCUT2D eigenvalue weighted by Crippen LogP contribution is 2.32. The maximum atomic E-state index is 12.2. The van der Waals surface area contributed by atoms with Gasteiger partial charge in [0.05, 0.1) is 6.10 Å². The number of aliphatic hydroxyl groups is 1. The number of carbonyl (C=O) groups excluding carboxylic acids is 1. The largest absolute Gasteiger partial charge is 0.391 e.